The molecule has 0 radical (unpaired) electrons. The van der Waals surface area contributed by atoms with Crippen molar-refractivity contribution in [3.05, 3.63) is 29.3 Å². The fourth-order valence-corrected chi connectivity index (χ4v) is 2.15. The number of hydrogen-bond donors (Lipinski definition) is 0. The molecule has 6 heteroatoms. The van der Waals surface area contributed by atoms with E-state index in [4.69, 9.17) is 15.4 Å². The highest BCUT2D eigenvalue weighted by atomic mass is 35.7. The Hall–Kier alpha value is -1.07. The van der Waals surface area contributed by atoms with E-state index in [1.807, 2.05) is 0 Å². The van der Waals surface area contributed by atoms with Crippen LogP contribution < -0.4 is 0 Å². The quantitative estimate of drug-likeness (QED) is 0.629. The Kier molecular flexibility index (Phi) is 4.16. The minimum atomic E-state index is -3.85. The summed E-state index contributed by atoms with van der Waals surface area (Å²) in [6.07, 6.45) is -0.265. The standard InChI is InChI=1S/C11H13ClO4S/c1-7(2)16-11(13)9-4-8(3)5-10(6-9)17(12,14)15/h4-7H,1-3H3. The van der Waals surface area contributed by atoms with Crippen molar-refractivity contribution in [3.63, 3.8) is 0 Å². The molecule has 0 saturated heterocycles. The summed E-state index contributed by atoms with van der Waals surface area (Å²) in [5.74, 6) is -0.565. The lowest BCUT2D eigenvalue weighted by Gasteiger charge is -2.09. The smallest absolute Gasteiger partial charge is 0.338 e. The van der Waals surface area contributed by atoms with Gasteiger partial charge >= 0.3 is 5.97 Å². The number of rotatable bonds is 3. The minimum absolute atomic E-state index is 0.102. The highest BCUT2D eigenvalue weighted by molar-refractivity contribution is 8.13. The van der Waals surface area contributed by atoms with Gasteiger partial charge in [-0.05, 0) is 44.5 Å². The second-order valence-electron chi connectivity index (χ2n) is 3.93. The molecule has 1 rings (SSSR count). The van der Waals surface area contributed by atoms with Crippen LogP contribution in [0.4, 0.5) is 0 Å². The van der Waals surface area contributed by atoms with Gasteiger partial charge in [0.25, 0.3) is 9.05 Å². The molecule has 4 nitrogen and oxygen atoms in total. The summed E-state index contributed by atoms with van der Waals surface area (Å²) in [5.41, 5.74) is 0.806. The Morgan fingerprint density at radius 1 is 1.29 bits per heavy atom. The normalized spacial score (nSPS) is 11.6. The first-order valence-electron chi connectivity index (χ1n) is 4.97. The van der Waals surface area contributed by atoms with Crippen molar-refractivity contribution in [1.82, 2.24) is 0 Å². The van der Waals surface area contributed by atoms with Gasteiger partial charge in [-0.2, -0.15) is 0 Å². The molecule has 94 valence electrons. The van der Waals surface area contributed by atoms with Gasteiger partial charge in [0.05, 0.1) is 16.6 Å². The summed E-state index contributed by atoms with van der Waals surface area (Å²) >= 11 is 0. The fourth-order valence-electron chi connectivity index (χ4n) is 1.29. The Morgan fingerprint density at radius 3 is 2.35 bits per heavy atom. The fraction of sp³-hybridized carbons (Fsp3) is 0.364. The van der Waals surface area contributed by atoms with Gasteiger partial charge in [0.15, 0.2) is 0 Å². The van der Waals surface area contributed by atoms with E-state index < -0.39 is 15.0 Å². The van der Waals surface area contributed by atoms with Crippen molar-refractivity contribution >= 4 is 25.7 Å². The second kappa shape index (κ2) is 5.06. The largest absolute Gasteiger partial charge is 0.459 e. The SMILES string of the molecule is Cc1cc(C(=O)OC(C)C)cc(S(=O)(=O)Cl)c1. The summed E-state index contributed by atoms with van der Waals surface area (Å²) in [6.45, 7) is 5.11. The molecule has 0 aliphatic heterocycles. The average Bonchev–Trinajstić information content (AvgIpc) is 2.14. The maximum atomic E-state index is 11.6. The van der Waals surface area contributed by atoms with Gasteiger partial charge in [0.1, 0.15) is 0 Å². The van der Waals surface area contributed by atoms with E-state index in [0.717, 1.165) is 0 Å². The Labute approximate surface area is 105 Å². The number of aryl methyl sites for hydroxylation is 1. The predicted molar refractivity (Wildman–Crippen MR) is 64.8 cm³/mol. The van der Waals surface area contributed by atoms with Gasteiger partial charge < -0.3 is 4.74 Å². The molecular weight excluding hydrogens is 264 g/mol. The van der Waals surface area contributed by atoms with E-state index in [1.54, 1.807) is 26.8 Å². The maximum absolute atomic E-state index is 11.6. The molecule has 0 atom stereocenters. The van der Waals surface area contributed by atoms with E-state index in [2.05, 4.69) is 0 Å². The number of carbonyl (C=O) groups excluding carboxylic acids is 1. The molecule has 0 N–H and O–H groups in total. The molecule has 0 spiro atoms. The minimum Gasteiger partial charge on any atom is -0.459 e. The first kappa shape index (κ1) is 14.0. The molecule has 0 heterocycles. The molecule has 0 amide bonds. The number of halogens is 1. The summed E-state index contributed by atoms with van der Waals surface area (Å²) < 4.78 is 27.4. The summed E-state index contributed by atoms with van der Waals surface area (Å²) in [7, 11) is 1.39. The van der Waals surface area contributed by atoms with Crippen molar-refractivity contribution < 1.29 is 17.9 Å². The van der Waals surface area contributed by atoms with E-state index in [0.29, 0.717) is 5.56 Å². The van der Waals surface area contributed by atoms with Crippen molar-refractivity contribution in [2.24, 2.45) is 0 Å². The van der Waals surface area contributed by atoms with Crippen LogP contribution in [0.2, 0.25) is 0 Å². The predicted octanol–water partition coefficient (Wildman–Crippen LogP) is 2.49. The molecule has 0 bridgehead atoms. The van der Waals surface area contributed by atoms with Gasteiger partial charge in [0.2, 0.25) is 0 Å². The van der Waals surface area contributed by atoms with Crippen molar-refractivity contribution in [2.45, 2.75) is 31.8 Å². The molecule has 0 aliphatic rings. The van der Waals surface area contributed by atoms with E-state index in [1.165, 1.54) is 12.1 Å². The lowest BCUT2D eigenvalue weighted by atomic mass is 10.1. The molecular formula is C11H13ClO4S. The van der Waals surface area contributed by atoms with Crippen LogP contribution in [0.15, 0.2) is 23.1 Å². The molecule has 0 aromatic heterocycles. The van der Waals surface area contributed by atoms with Crippen LogP contribution in [0, 0.1) is 6.92 Å². The molecule has 0 saturated carbocycles. The van der Waals surface area contributed by atoms with Crippen LogP contribution in [0.3, 0.4) is 0 Å². The summed E-state index contributed by atoms with van der Waals surface area (Å²) in [6, 6.07) is 4.16. The van der Waals surface area contributed by atoms with Gasteiger partial charge in [-0.3, -0.25) is 0 Å². The van der Waals surface area contributed by atoms with Crippen LogP contribution in [-0.2, 0) is 13.8 Å². The van der Waals surface area contributed by atoms with Crippen molar-refractivity contribution in [1.29, 1.82) is 0 Å². The van der Waals surface area contributed by atoms with Gasteiger partial charge in [-0.15, -0.1) is 0 Å². The topological polar surface area (TPSA) is 60.4 Å². The Bertz CT molecular complexity index is 534. The number of ether oxygens (including phenoxy) is 1. The first-order chi connectivity index (χ1) is 7.70. The Morgan fingerprint density at radius 2 is 1.88 bits per heavy atom. The summed E-state index contributed by atoms with van der Waals surface area (Å²) in [4.78, 5) is 11.5. The van der Waals surface area contributed by atoms with E-state index in [-0.39, 0.29) is 16.6 Å². The average molecular weight is 277 g/mol. The highest BCUT2D eigenvalue weighted by Gasteiger charge is 2.16. The zero-order chi connectivity index (χ0) is 13.2. The third kappa shape index (κ3) is 4.02. The van der Waals surface area contributed by atoms with E-state index in [9.17, 15) is 13.2 Å². The lowest BCUT2D eigenvalue weighted by molar-refractivity contribution is 0.0377. The molecule has 1 aromatic rings. The van der Waals surface area contributed by atoms with Gasteiger partial charge in [0, 0.05) is 10.7 Å². The third-order valence-electron chi connectivity index (χ3n) is 1.91. The van der Waals surface area contributed by atoms with Crippen LogP contribution in [-0.4, -0.2) is 20.5 Å². The molecule has 0 fully saturated rings. The van der Waals surface area contributed by atoms with Crippen LogP contribution in [0.25, 0.3) is 0 Å². The zero-order valence-electron chi connectivity index (χ0n) is 9.73. The first-order valence-corrected chi connectivity index (χ1v) is 7.28. The highest BCUT2D eigenvalue weighted by Crippen LogP contribution is 2.19. The number of benzene rings is 1. The van der Waals surface area contributed by atoms with Crippen LogP contribution >= 0.6 is 10.7 Å². The molecule has 0 aliphatic carbocycles. The second-order valence-corrected chi connectivity index (χ2v) is 6.49. The van der Waals surface area contributed by atoms with Crippen LogP contribution in [0.1, 0.15) is 29.8 Å². The molecule has 1 aromatic carbocycles. The van der Waals surface area contributed by atoms with Crippen LogP contribution in [0.5, 0.6) is 0 Å². The Balaban J connectivity index is 3.19. The zero-order valence-corrected chi connectivity index (χ0v) is 11.3. The lowest BCUT2D eigenvalue weighted by Crippen LogP contribution is -2.12. The number of hydrogen-bond acceptors (Lipinski definition) is 4. The van der Waals surface area contributed by atoms with Gasteiger partial charge in [-0.1, -0.05) is 0 Å². The molecule has 0 unspecified atom stereocenters. The van der Waals surface area contributed by atoms with E-state index >= 15 is 0 Å². The maximum Gasteiger partial charge on any atom is 0.338 e. The third-order valence-corrected chi connectivity index (χ3v) is 3.24. The number of esters is 1. The monoisotopic (exact) mass is 276 g/mol. The molecule has 17 heavy (non-hydrogen) atoms. The van der Waals surface area contributed by atoms with Gasteiger partial charge in [-0.25, -0.2) is 13.2 Å². The summed E-state index contributed by atoms with van der Waals surface area (Å²) in [5, 5.41) is 0. The van der Waals surface area contributed by atoms with Crippen molar-refractivity contribution in [3.8, 4) is 0 Å². The number of carbonyl (C=O) groups is 1. The van der Waals surface area contributed by atoms with Crippen molar-refractivity contribution in [2.75, 3.05) is 0 Å².